The van der Waals surface area contributed by atoms with E-state index in [0.717, 1.165) is 12.1 Å². The summed E-state index contributed by atoms with van der Waals surface area (Å²) in [6, 6.07) is 1.20. The van der Waals surface area contributed by atoms with Crippen LogP contribution in [0.3, 0.4) is 0 Å². The second kappa shape index (κ2) is 5.46. The summed E-state index contributed by atoms with van der Waals surface area (Å²) in [5.74, 6) is -2.00. The first kappa shape index (κ1) is 15.3. The second-order valence-electron chi connectivity index (χ2n) is 4.46. The Hall–Kier alpha value is -1.79. The number of amides is 1. The molecule has 3 nitrogen and oxygen atoms in total. The first-order valence-electron chi connectivity index (χ1n) is 5.55. The molecule has 1 atom stereocenters. The van der Waals surface area contributed by atoms with Crippen molar-refractivity contribution < 1.29 is 22.4 Å². The van der Waals surface area contributed by atoms with Gasteiger partial charge in [0, 0.05) is 0 Å². The monoisotopic (exact) mass is 278 g/mol. The zero-order valence-electron chi connectivity index (χ0n) is 10.4. The fourth-order valence-corrected chi connectivity index (χ4v) is 1.54. The average molecular weight is 278 g/mol. The first-order chi connectivity index (χ1) is 8.62. The standard InChI is InChI=1S/C12H14F4N2O/c1-6(2)10(11(17)19)18-9-4-3-7(5-8(9)13)12(14,15)16/h3-6,10,18H,1-2H3,(H2,17,19). The SMILES string of the molecule is CC(C)C(Nc1ccc(C(F)(F)F)cc1F)C(N)=O. The van der Waals surface area contributed by atoms with Crippen molar-refractivity contribution in [1.82, 2.24) is 0 Å². The van der Waals surface area contributed by atoms with E-state index in [-0.39, 0.29) is 11.6 Å². The van der Waals surface area contributed by atoms with Crippen LogP contribution >= 0.6 is 0 Å². The van der Waals surface area contributed by atoms with Crippen molar-refractivity contribution in [3.63, 3.8) is 0 Å². The van der Waals surface area contributed by atoms with Gasteiger partial charge in [0.25, 0.3) is 0 Å². The molecule has 0 aliphatic heterocycles. The second-order valence-corrected chi connectivity index (χ2v) is 4.46. The average Bonchev–Trinajstić information content (AvgIpc) is 2.24. The highest BCUT2D eigenvalue weighted by Crippen LogP contribution is 2.31. The van der Waals surface area contributed by atoms with Gasteiger partial charge in [0.15, 0.2) is 0 Å². The smallest absolute Gasteiger partial charge is 0.371 e. The van der Waals surface area contributed by atoms with Gasteiger partial charge in [-0.2, -0.15) is 13.2 Å². The lowest BCUT2D eigenvalue weighted by Gasteiger charge is -2.21. The van der Waals surface area contributed by atoms with Gasteiger partial charge in [-0.1, -0.05) is 13.8 Å². The summed E-state index contributed by atoms with van der Waals surface area (Å²) in [4.78, 5) is 11.1. The Balaban J connectivity index is 3.00. The van der Waals surface area contributed by atoms with Crippen molar-refractivity contribution in [3.05, 3.63) is 29.6 Å². The zero-order valence-corrected chi connectivity index (χ0v) is 10.4. The fourth-order valence-electron chi connectivity index (χ4n) is 1.54. The third-order valence-electron chi connectivity index (χ3n) is 2.58. The molecule has 19 heavy (non-hydrogen) atoms. The highest BCUT2D eigenvalue weighted by Gasteiger charge is 2.31. The molecule has 0 spiro atoms. The Morgan fingerprint density at radius 2 is 1.89 bits per heavy atom. The quantitative estimate of drug-likeness (QED) is 0.832. The van der Waals surface area contributed by atoms with E-state index in [1.807, 2.05) is 0 Å². The van der Waals surface area contributed by atoms with Crippen LogP contribution in [-0.2, 0) is 11.0 Å². The van der Waals surface area contributed by atoms with Crippen molar-refractivity contribution in [2.45, 2.75) is 26.1 Å². The summed E-state index contributed by atoms with van der Waals surface area (Å²) < 4.78 is 50.6. The lowest BCUT2D eigenvalue weighted by atomic mass is 10.0. The van der Waals surface area contributed by atoms with Gasteiger partial charge in [-0.15, -0.1) is 0 Å². The zero-order chi connectivity index (χ0) is 14.8. The van der Waals surface area contributed by atoms with E-state index in [2.05, 4.69) is 5.32 Å². The third-order valence-corrected chi connectivity index (χ3v) is 2.58. The van der Waals surface area contributed by atoms with Gasteiger partial charge < -0.3 is 11.1 Å². The Morgan fingerprint density at radius 1 is 1.32 bits per heavy atom. The molecule has 0 radical (unpaired) electrons. The van der Waals surface area contributed by atoms with Crippen LogP contribution in [0.1, 0.15) is 19.4 Å². The lowest BCUT2D eigenvalue weighted by Crippen LogP contribution is -2.39. The summed E-state index contributed by atoms with van der Waals surface area (Å²) in [5.41, 5.74) is 3.85. The van der Waals surface area contributed by atoms with Crippen LogP contribution in [0.15, 0.2) is 18.2 Å². The minimum Gasteiger partial charge on any atom is -0.371 e. The van der Waals surface area contributed by atoms with Crippen molar-refractivity contribution in [2.75, 3.05) is 5.32 Å². The number of hydrogen-bond acceptors (Lipinski definition) is 2. The summed E-state index contributed by atoms with van der Waals surface area (Å²) in [6.45, 7) is 3.37. The first-order valence-corrected chi connectivity index (χ1v) is 5.55. The maximum atomic E-state index is 13.6. The molecule has 1 amide bonds. The number of carbonyl (C=O) groups excluding carboxylic acids is 1. The Morgan fingerprint density at radius 3 is 2.26 bits per heavy atom. The maximum Gasteiger partial charge on any atom is 0.416 e. The molecule has 0 heterocycles. The number of nitrogens with one attached hydrogen (secondary N) is 1. The van der Waals surface area contributed by atoms with Gasteiger partial charge in [-0.05, 0) is 24.1 Å². The molecule has 1 unspecified atom stereocenters. The van der Waals surface area contributed by atoms with E-state index >= 15 is 0 Å². The number of benzene rings is 1. The van der Waals surface area contributed by atoms with Crippen molar-refractivity contribution in [1.29, 1.82) is 0 Å². The summed E-state index contributed by atoms with van der Waals surface area (Å²) in [5, 5.41) is 2.51. The predicted octanol–water partition coefficient (Wildman–Crippen LogP) is 2.77. The van der Waals surface area contributed by atoms with E-state index in [1.54, 1.807) is 13.8 Å². The topological polar surface area (TPSA) is 55.1 Å². The van der Waals surface area contributed by atoms with Gasteiger partial charge >= 0.3 is 6.18 Å². The van der Waals surface area contributed by atoms with Crippen LogP contribution in [-0.4, -0.2) is 11.9 Å². The minimum absolute atomic E-state index is 0.189. The van der Waals surface area contributed by atoms with E-state index in [9.17, 15) is 22.4 Å². The Kier molecular flexibility index (Phi) is 4.39. The number of alkyl halides is 3. The van der Waals surface area contributed by atoms with Gasteiger partial charge in [0.2, 0.25) is 5.91 Å². The van der Waals surface area contributed by atoms with Crippen LogP contribution in [0.2, 0.25) is 0 Å². The number of hydrogen-bond donors (Lipinski definition) is 2. The number of rotatable bonds is 4. The summed E-state index contributed by atoms with van der Waals surface area (Å²) in [6.07, 6.45) is -4.61. The third kappa shape index (κ3) is 3.84. The molecule has 0 aliphatic rings. The molecule has 1 aromatic carbocycles. The lowest BCUT2D eigenvalue weighted by molar-refractivity contribution is -0.137. The van der Waals surface area contributed by atoms with E-state index in [4.69, 9.17) is 5.73 Å². The molecule has 0 saturated carbocycles. The normalized spacial score (nSPS) is 13.4. The molecule has 106 valence electrons. The molecular formula is C12H14F4N2O. The number of halogens is 4. The van der Waals surface area contributed by atoms with Crippen molar-refractivity contribution in [2.24, 2.45) is 11.7 Å². The molecular weight excluding hydrogens is 264 g/mol. The van der Waals surface area contributed by atoms with Gasteiger partial charge in [0.1, 0.15) is 11.9 Å². The summed E-state index contributed by atoms with van der Waals surface area (Å²) >= 11 is 0. The molecule has 1 aromatic rings. The predicted molar refractivity (Wildman–Crippen MR) is 62.8 cm³/mol. The van der Waals surface area contributed by atoms with Crippen LogP contribution in [0.25, 0.3) is 0 Å². The maximum absolute atomic E-state index is 13.6. The molecule has 0 aromatic heterocycles. The number of anilines is 1. The largest absolute Gasteiger partial charge is 0.416 e. The van der Waals surface area contributed by atoms with Crippen molar-refractivity contribution in [3.8, 4) is 0 Å². The van der Waals surface area contributed by atoms with E-state index in [0.29, 0.717) is 6.07 Å². The van der Waals surface area contributed by atoms with E-state index in [1.165, 1.54) is 0 Å². The molecule has 0 fully saturated rings. The molecule has 0 bridgehead atoms. The van der Waals surface area contributed by atoms with Crippen LogP contribution in [0, 0.1) is 11.7 Å². The van der Waals surface area contributed by atoms with Gasteiger partial charge in [-0.3, -0.25) is 4.79 Å². The van der Waals surface area contributed by atoms with Crippen molar-refractivity contribution >= 4 is 11.6 Å². The molecule has 0 aliphatic carbocycles. The van der Waals surface area contributed by atoms with Crippen LogP contribution in [0.4, 0.5) is 23.2 Å². The van der Waals surface area contributed by atoms with Gasteiger partial charge in [0.05, 0.1) is 11.3 Å². The van der Waals surface area contributed by atoms with Crippen LogP contribution in [0.5, 0.6) is 0 Å². The fraction of sp³-hybridized carbons (Fsp3) is 0.417. The minimum atomic E-state index is -4.61. The molecule has 3 N–H and O–H groups in total. The number of nitrogens with two attached hydrogens (primary N) is 1. The Labute approximate surface area is 107 Å². The molecule has 0 saturated heterocycles. The van der Waals surface area contributed by atoms with E-state index < -0.39 is 29.5 Å². The Bertz CT molecular complexity index is 471. The highest BCUT2D eigenvalue weighted by atomic mass is 19.4. The van der Waals surface area contributed by atoms with Crippen LogP contribution < -0.4 is 11.1 Å². The number of carbonyl (C=O) groups is 1. The summed E-state index contributed by atoms with van der Waals surface area (Å²) in [7, 11) is 0. The number of primary amides is 1. The molecule has 1 rings (SSSR count). The highest BCUT2D eigenvalue weighted by molar-refractivity contribution is 5.83. The van der Waals surface area contributed by atoms with Gasteiger partial charge in [-0.25, -0.2) is 4.39 Å². The molecule has 7 heteroatoms.